The van der Waals surface area contributed by atoms with Crippen molar-refractivity contribution in [3.05, 3.63) is 77.6 Å². The van der Waals surface area contributed by atoms with Gasteiger partial charge in [-0.05, 0) is 74.9 Å². The van der Waals surface area contributed by atoms with E-state index in [1.54, 1.807) is 12.1 Å². The van der Waals surface area contributed by atoms with Crippen LogP contribution in [0.1, 0.15) is 42.6 Å². The van der Waals surface area contributed by atoms with Gasteiger partial charge >= 0.3 is 6.18 Å². The normalized spacial score (nSPS) is 17.9. The van der Waals surface area contributed by atoms with Gasteiger partial charge < -0.3 is 15.0 Å². The van der Waals surface area contributed by atoms with Crippen LogP contribution in [0.4, 0.5) is 24.8 Å². The van der Waals surface area contributed by atoms with Gasteiger partial charge in [0, 0.05) is 29.4 Å². The summed E-state index contributed by atoms with van der Waals surface area (Å²) < 4.78 is 47.8. The molecule has 2 aromatic carbocycles. The minimum Gasteiger partial charge on any atom is -0.497 e. The van der Waals surface area contributed by atoms with Gasteiger partial charge in [0.05, 0.1) is 12.8 Å². The van der Waals surface area contributed by atoms with Crippen LogP contribution in [0.5, 0.6) is 5.75 Å². The van der Waals surface area contributed by atoms with Crippen molar-refractivity contribution in [2.45, 2.75) is 50.7 Å². The largest absolute Gasteiger partial charge is 0.497 e. The van der Waals surface area contributed by atoms with Gasteiger partial charge in [0.25, 0.3) is 5.82 Å². The summed E-state index contributed by atoms with van der Waals surface area (Å²) in [6.45, 7) is 2.35. The number of rotatable bonds is 6. The lowest BCUT2D eigenvalue weighted by Gasteiger charge is -2.25. The van der Waals surface area contributed by atoms with E-state index < -0.39 is 12.0 Å². The minimum absolute atomic E-state index is 0.0735. The zero-order chi connectivity index (χ0) is 27.7. The van der Waals surface area contributed by atoms with Crippen molar-refractivity contribution < 1.29 is 17.9 Å². The molecule has 1 aliphatic carbocycles. The predicted molar refractivity (Wildman–Crippen MR) is 147 cm³/mol. The minimum atomic E-state index is -4.72. The van der Waals surface area contributed by atoms with Crippen LogP contribution < -0.4 is 10.1 Å². The van der Waals surface area contributed by atoms with Crippen LogP contribution in [-0.4, -0.2) is 50.9 Å². The fraction of sp³-hybridized carbons (Fsp3) is 0.367. The van der Waals surface area contributed by atoms with E-state index in [4.69, 9.17) is 4.74 Å². The van der Waals surface area contributed by atoms with Crippen LogP contribution >= 0.6 is 0 Å². The van der Waals surface area contributed by atoms with Crippen LogP contribution in [0.25, 0.3) is 17.1 Å². The smallest absolute Gasteiger partial charge is 0.453 e. The number of anilines is 2. The highest BCUT2D eigenvalue weighted by molar-refractivity contribution is 5.63. The average Bonchev–Trinajstić information content (AvgIpc) is 3.60. The first-order valence-corrected chi connectivity index (χ1v) is 13.7. The molecule has 1 fully saturated rings. The fourth-order valence-corrected chi connectivity index (χ4v) is 5.72. The number of hydrogen-bond donors (Lipinski definition) is 1. The van der Waals surface area contributed by atoms with Crippen molar-refractivity contribution in [3.8, 4) is 22.8 Å². The lowest BCUT2D eigenvalue weighted by Crippen LogP contribution is -2.32. The first-order valence-electron chi connectivity index (χ1n) is 13.7. The summed E-state index contributed by atoms with van der Waals surface area (Å²) in [7, 11) is 1.50. The lowest BCUT2D eigenvalue weighted by molar-refractivity contribution is -0.144. The Hall–Kier alpha value is -3.92. The van der Waals surface area contributed by atoms with Crippen LogP contribution in [0.2, 0.25) is 0 Å². The molecule has 0 saturated carbocycles. The number of likely N-dealkylation sites (tertiary alicyclic amines) is 1. The quantitative estimate of drug-likeness (QED) is 0.280. The Morgan fingerprint density at radius 2 is 1.65 bits per heavy atom. The molecule has 10 heteroatoms. The number of hydrogen-bond acceptors (Lipinski definition) is 6. The van der Waals surface area contributed by atoms with E-state index >= 15 is 0 Å². The number of methoxy groups -OCH3 is 1. The molecule has 0 bridgehead atoms. The molecule has 7 nitrogen and oxygen atoms in total. The third-order valence-corrected chi connectivity index (χ3v) is 7.78. The Labute approximate surface area is 231 Å². The predicted octanol–water partition coefficient (Wildman–Crippen LogP) is 6.44. The number of nitrogens with one attached hydrogen (secondary N) is 1. The molecule has 4 aromatic rings. The number of nitrogens with zero attached hydrogens (tertiary/aromatic N) is 5. The summed E-state index contributed by atoms with van der Waals surface area (Å²) >= 11 is 0. The van der Waals surface area contributed by atoms with Gasteiger partial charge in [0.15, 0.2) is 5.82 Å². The Kier molecular flexibility index (Phi) is 7.18. The maximum absolute atomic E-state index is 13.7. The molecule has 0 amide bonds. The van der Waals surface area contributed by atoms with Crippen LogP contribution in [0, 0.1) is 0 Å². The second kappa shape index (κ2) is 10.9. The number of aryl methyl sites for hydroxylation is 2. The third-order valence-electron chi connectivity index (χ3n) is 7.78. The van der Waals surface area contributed by atoms with Gasteiger partial charge in [-0.3, -0.25) is 0 Å². The Balaban J connectivity index is 1.33. The molecule has 1 unspecified atom stereocenters. The van der Waals surface area contributed by atoms with Crippen molar-refractivity contribution in [3.63, 3.8) is 0 Å². The molecule has 6 rings (SSSR count). The summed E-state index contributed by atoms with van der Waals surface area (Å²) in [4.78, 5) is 11.1. The van der Waals surface area contributed by atoms with E-state index in [0.29, 0.717) is 23.2 Å². The molecule has 1 N–H and O–H groups in total. The second-order valence-corrected chi connectivity index (χ2v) is 10.4. The number of pyridine rings is 1. The number of ether oxygens (including phenoxy) is 1. The SMILES string of the molecule is COc1cc(-c2ccccc2)nc(-n2nc(C(F)(F)F)nc2Nc2ccc3c(c2)CCC(N2CCCC2)CC3)c1. The fourth-order valence-electron chi connectivity index (χ4n) is 5.72. The van der Waals surface area contributed by atoms with E-state index in [2.05, 4.69) is 31.3 Å². The van der Waals surface area contributed by atoms with Gasteiger partial charge in [-0.25, -0.2) is 4.98 Å². The Bertz CT molecular complexity index is 1480. The second-order valence-electron chi connectivity index (χ2n) is 10.4. The van der Waals surface area contributed by atoms with Gasteiger partial charge in [-0.15, -0.1) is 5.10 Å². The molecule has 0 spiro atoms. The van der Waals surface area contributed by atoms with Crippen molar-refractivity contribution in [1.29, 1.82) is 0 Å². The first kappa shape index (κ1) is 26.3. The van der Waals surface area contributed by atoms with E-state index in [-0.39, 0.29) is 11.8 Å². The number of alkyl halides is 3. The highest BCUT2D eigenvalue weighted by Crippen LogP contribution is 2.33. The highest BCUT2D eigenvalue weighted by atomic mass is 19.4. The monoisotopic (exact) mass is 548 g/mol. The Morgan fingerprint density at radius 1 is 0.900 bits per heavy atom. The molecule has 1 aliphatic heterocycles. The molecule has 3 heterocycles. The van der Waals surface area contributed by atoms with E-state index in [1.165, 1.54) is 44.2 Å². The molecule has 208 valence electrons. The van der Waals surface area contributed by atoms with Gasteiger partial charge in [-0.2, -0.15) is 22.8 Å². The van der Waals surface area contributed by atoms with Crippen LogP contribution in [0.15, 0.2) is 60.7 Å². The van der Waals surface area contributed by atoms with Crippen molar-refractivity contribution in [1.82, 2.24) is 24.6 Å². The zero-order valence-corrected chi connectivity index (χ0v) is 22.3. The number of aromatic nitrogens is 4. The van der Waals surface area contributed by atoms with Crippen LogP contribution in [-0.2, 0) is 19.0 Å². The molecule has 2 aliphatic rings. The lowest BCUT2D eigenvalue weighted by atomic mass is 10.0. The standard InChI is InChI=1S/C30H31F3N6O/c1-40-25-18-26(21-7-3-2-4-8-21)35-27(19-25)39-29(36-28(37-39)30(31,32)33)34-23-12-9-20-10-13-24(14-11-22(20)17-23)38-15-5-6-16-38/h2-4,7-9,12,17-19,24H,5-6,10-11,13-16H2,1H3,(H,34,36,37). The van der Waals surface area contributed by atoms with Crippen molar-refractivity contribution in [2.75, 3.05) is 25.5 Å². The average molecular weight is 549 g/mol. The van der Waals surface area contributed by atoms with Gasteiger partial charge in [0.2, 0.25) is 5.95 Å². The van der Waals surface area contributed by atoms with E-state index in [1.807, 2.05) is 42.5 Å². The Morgan fingerprint density at radius 3 is 2.38 bits per heavy atom. The maximum atomic E-state index is 13.7. The third kappa shape index (κ3) is 5.54. The van der Waals surface area contributed by atoms with Crippen molar-refractivity contribution in [2.24, 2.45) is 0 Å². The molecule has 2 aromatic heterocycles. The maximum Gasteiger partial charge on any atom is 0.453 e. The molecule has 1 atom stereocenters. The number of halogens is 3. The summed E-state index contributed by atoms with van der Waals surface area (Å²) in [6.07, 6.45) is 1.97. The summed E-state index contributed by atoms with van der Waals surface area (Å²) in [6, 6.07) is 19.2. The van der Waals surface area contributed by atoms with Crippen LogP contribution in [0.3, 0.4) is 0 Å². The summed E-state index contributed by atoms with van der Waals surface area (Å²) in [5, 5.41) is 6.90. The van der Waals surface area contributed by atoms with E-state index in [9.17, 15) is 13.2 Å². The summed E-state index contributed by atoms with van der Waals surface area (Å²) in [5.41, 5.74) is 4.52. The number of fused-ring (bicyclic) bond motifs is 1. The number of benzene rings is 2. The first-order chi connectivity index (χ1) is 19.4. The topological polar surface area (TPSA) is 68.1 Å². The van der Waals surface area contributed by atoms with Gasteiger partial charge in [0.1, 0.15) is 5.75 Å². The van der Waals surface area contributed by atoms with E-state index in [0.717, 1.165) is 35.9 Å². The van der Waals surface area contributed by atoms with Gasteiger partial charge in [-0.1, -0.05) is 36.4 Å². The zero-order valence-electron chi connectivity index (χ0n) is 22.3. The molecular weight excluding hydrogens is 517 g/mol. The summed E-state index contributed by atoms with van der Waals surface area (Å²) in [5.74, 6) is -0.719. The molecule has 1 saturated heterocycles. The van der Waals surface area contributed by atoms with Crippen molar-refractivity contribution >= 4 is 11.6 Å². The molecular formula is C30H31F3N6O. The highest BCUT2D eigenvalue weighted by Gasteiger charge is 2.37. The molecule has 0 radical (unpaired) electrons. The molecule has 40 heavy (non-hydrogen) atoms.